The highest BCUT2D eigenvalue weighted by Crippen LogP contribution is 2.13. The summed E-state index contributed by atoms with van der Waals surface area (Å²) in [5, 5.41) is 3.28. The van der Waals surface area contributed by atoms with Gasteiger partial charge in [-0.3, -0.25) is 4.99 Å². The Balaban J connectivity index is 2.26. The lowest BCUT2D eigenvalue weighted by molar-refractivity contribution is 0.414. The molecule has 74 valence electrons. The Morgan fingerprint density at radius 2 is 2.36 bits per heavy atom. The van der Waals surface area contributed by atoms with Crippen LogP contribution >= 0.6 is 0 Å². The number of hydrogen-bond donors (Lipinski definition) is 1. The fourth-order valence-corrected chi connectivity index (χ4v) is 1.50. The summed E-state index contributed by atoms with van der Waals surface area (Å²) >= 11 is 0. The van der Waals surface area contributed by atoms with Gasteiger partial charge in [-0.1, -0.05) is 12.1 Å². The van der Waals surface area contributed by atoms with Crippen molar-refractivity contribution in [2.75, 3.05) is 20.2 Å². The van der Waals surface area contributed by atoms with Gasteiger partial charge in [0.2, 0.25) is 0 Å². The van der Waals surface area contributed by atoms with E-state index in [9.17, 15) is 0 Å². The van der Waals surface area contributed by atoms with Crippen molar-refractivity contribution in [1.82, 2.24) is 5.32 Å². The van der Waals surface area contributed by atoms with Crippen LogP contribution in [0.2, 0.25) is 0 Å². The maximum Gasteiger partial charge on any atom is 0.128 e. The number of hydrogen-bond acceptors (Lipinski definition) is 3. The third-order valence-electron chi connectivity index (χ3n) is 2.24. The topological polar surface area (TPSA) is 33.6 Å². The Kier molecular flexibility index (Phi) is 2.68. The van der Waals surface area contributed by atoms with Crippen LogP contribution in [0.4, 0.5) is 0 Å². The zero-order valence-corrected chi connectivity index (χ0v) is 8.29. The summed E-state index contributed by atoms with van der Waals surface area (Å²) in [6.45, 7) is 1.93. The van der Waals surface area contributed by atoms with Gasteiger partial charge in [0.1, 0.15) is 11.6 Å². The third-order valence-corrected chi connectivity index (χ3v) is 2.24. The molecule has 0 atom stereocenters. The van der Waals surface area contributed by atoms with E-state index in [0.29, 0.717) is 0 Å². The average molecular weight is 190 g/mol. The van der Waals surface area contributed by atoms with Crippen molar-refractivity contribution in [2.45, 2.75) is 6.42 Å². The van der Waals surface area contributed by atoms with Gasteiger partial charge in [-0.15, -0.1) is 0 Å². The van der Waals surface area contributed by atoms with Crippen molar-refractivity contribution in [3.05, 3.63) is 29.8 Å². The first-order valence-electron chi connectivity index (χ1n) is 4.83. The molecule has 1 heterocycles. The Morgan fingerprint density at radius 1 is 1.43 bits per heavy atom. The smallest absolute Gasteiger partial charge is 0.128 e. The highest BCUT2D eigenvalue weighted by molar-refractivity contribution is 5.99. The molecule has 3 heteroatoms. The van der Waals surface area contributed by atoms with Gasteiger partial charge in [0, 0.05) is 18.7 Å². The number of amidine groups is 1. The molecular weight excluding hydrogens is 176 g/mol. The molecular formula is C11H14N2O. The average Bonchev–Trinajstić information content (AvgIpc) is 2.30. The minimum Gasteiger partial charge on any atom is -0.497 e. The Morgan fingerprint density at radius 3 is 3.07 bits per heavy atom. The summed E-state index contributed by atoms with van der Waals surface area (Å²) in [6.07, 6.45) is 1.12. The summed E-state index contributed by atoms with van der Waals surface area (Å²) in [4.78, 5) is 4.43. The van der Waals surface area contributed by atoms with Crippen LogP contribution in [0.15, 0.2) is 29.3 Å². The maximum absolute atomic E-state index is 5.16. The molecule has 1 aromatic carbocycles. The van der Waals surface area contributed by atoms with Crippen molar-refractivity contribution in [3.63, 3.8) is 0 Å². The zero-order chi connectivity index (χ0) is 9.80. The van der Waals surface area contributed by atoms with E-state index < -0.39 is 0 Å². The predicted molar refractivity (Wildman–Crippen MR) is 57.0 cm³/mol. The van der Waals surface area contributed by atoms with E-state index >= 15 is 0 Å². The molecule has 0 amide bonds. The predicted octanol–water partition coefficient (Wildman–Crippen LogP) is 1.44. The lowest BCUT2D eigenvalue weighted by Crippen LogP contribution is -2.30. The largest absolute Gasteiger partial charge is 0.497 e. The maximum atomic E-state index is 5.16. The highest BCUT2D eigenvalue weighted by Gasteiger charge is 2.06. The molecule has 1 N–H and O–H groups in total. The molecule has 0 aliphatic carbocycles. The van der Waals surface area contributed by atoms with Crippen LogP contribution in [0.25, 0.3) is 0 Å². The van der Waals surface area contributed by atoms with Gasteiger partial charge in [0.25, 0.3) is 0 Å². The monoisotopic (exact) mass is 190 g/mol. The normalized spacial score (nSPS) is 15.6. The van der Waals surface area contributed by atoms with Crippen LogP contribution in [-0.4, -0.2) is 26.0 Å². The minimum atomic E-state index is 0.873. The molecule has 2 rings (SSSR count). The van der Waals surface area contributed by atoms with Crippen LogP contribution < -0.4 is 10.1 Å². The summed E-state index contributed by atoms with van der Waals surface area (Å²) in [5.74, 6) is 1.85. The number of benzene rings is 1. The molecule has 1 aliphatic rings. The summed E-state index contributed by atoms with van der Waals surface area (Å²) in [5.41, 5.74) is 1.10. The van der Waals surface area contributed by atoms with Crippen LogP contribution in [0.3, 0.4) is 0 Å². The molecule has 1 aromatic rings. The molecule has 3 nitrogen and oxygen atoms in total. The van der Waals surface area contributed by atoms with E-state index in [0.717, 1.165) is 36.7 Å². The second-order valence-corrected chi connectivity index (χ2v) is 3.24. The number of ether oxygens (including phenoxy) is 1. The van der Waals surface area contributed by atoms with E-state index in [2.05, 4.69) is 10.3 Å². The molecule has 0 radical (unpaired) electrons. The molecule has 1 aliphatic heterocycles. The van der Waals surface area contributed by atoms with Gasteiger partial charge in [0.05, 0.1) is 7.11 Å². The van der Waals surface area contributed by atoms with Crippen molar-refractivity contribution in [1.29, 1.82) is 0 Å². The molecule has 0 aromatic heterocycles. The first kappa shape index (κ1) is 9.06. The molecule has 0 saturated heterocycles. The SMILES string of the molecule is COc1cccc(C2=NCCCN2)c1. The lowest BCUT2D eigenvalue weighted by atomic mass is 10.1. The van der Waals surface area contributed by atoms with Crippen molar-refractivity contribution in [3.8, 4) is 5.75 Å². The fraction of sp³-hybridized carbons (Fsp3) is 0.364. The number of aliphatic imine (C=N–C) groups is 1. The van der Waals surface area contributed by atoms with E-state index in [4.69, 9.17) is 4.74 Å². The Labute approximate surface area is 83.8 Å². The van der Waals surface area contributed by atoms with Crippen LogP contribution in [0, 0.1) is 0 Å². The van der Waals surface area contributed by atoms with Crippen molar-refractivity contribution < 1.29 is 4.74 Å². The first-order chi connectivity index (χ1) is 6.90. The second-order valence-electron chi connectivity index (χ2n) is 3.24. The van der Waals surface area contributed by atoms with Gasteiger partial charge in [-0.25, -0.2) is 0 Å². The van der Waals surface area contributed by atoms with Crippen LogP contribution in [-0.2, 0) is 0 Å². The van der Waals surface area contributed by atoms with Crippen LogP contribution in [0.1, 0.15) is 12.0 Å². The number of nitrogens with zero attached hydrogens (tertiary/aromatic N) is 1. The standard InChI is InChI=1S/C11H14N2O/c1-14-10-5-2-4-9(8-10)11-12-6-3-7-13-11/h2,4-5,8H,3,6-7H2,1H3,(H,12,13). The minimum absolute atomic E-state index is 0.873. The van der Waals surface area contributed by atoms with Gasteiger partial charge in [-0.05, 0) is 18.6 Å². The highest BCUT2D eigenvalue weighted by atomic mass is 16.5. The quantitative estimate of drug-likeness (QED) is 0.765. The van der Waals surface area contributed by atoms with E-state index in [1.165, 1.54) is 0 Å². The van der Waals surface area contributed by atoms with Crippen LogP contribution in [0.5, 0.6) is 5.75 Å². The van der Waals surface area contributed by atoms with E-state index in [1.807, 2.05) is 24.3 Å². The molecule has 0 spiro atoms. The Bertz CT molecular complexity index is 347. The second kappa shape index (κ2) is 4.13. The zero-order valence-electron chi connectivity index (χ0n) is 8.29. The van der Waals surface area contributed by atoms with Crippen molar-refractivity contribution in [2.24, 2.45) is 4.99 Å². The van der Waals surface area contributed by atoms with E-state index in [1.54, 1.807) is 7.11 Å². The molecule has 14 heavy (non-hydrogen) atoms. The molecule has 0 bridgehead atoms. The summed E-state index contributed by atoms with van der Waals surface area (Å²) in [6, 6.07) is 7.96. The molecule has 0 unspecified atom stereocenters. The first-order valence-corrected chi connectivity index (χ1v) is 4.83. The number of nitrogens with one attached hydrogen (secondary N) is 1. The fourth-order valence-electron chi connectivity index (χ4n) is 1.50. The van der Waals surface area contributed by atoms with Gasteiger partial charge in [0.15, 0.2) is 0 Å². The molecule has 0 fully saturated rings. The summed E-state index contributed by atoms with van der Waals surface area (Å²) < 4.78 is 5.16. The summed E-state index contributed by atoms with van der Waals surface area (Å²) in [7, 11) is 1.68. The van der Waals surface area contributed by atoms with E-state index in [-0.39, 0.29) is 0 Å². The third kappa shape index (κ3) is 1.87. The number of methoxy groups -OCH3 is 1. The Hall–Kier alpha value is -1.51. The lowest BCUT2D eigenvalue weighted by Gasteiger charge is -2.14. The van der Waals surface area contributed by atoms with Gasteiger partial charge in [-0.2, -0.15) is 0 Å². The van der Waals surface area contributed by atoms with Crippen molar-refractivity contribution >= 4 is 5.84 Å². The van der Waals surface area contributed by atoms with Gasteiger partial charge < -0.3 is 10.1 Å². The number of rotatable bonds is 2. The molecule has 0 saturated carbocycles. The van der Waals surface area contributed by atoms with Gasteiger partial charge >= 0.3 is 0 Å².